The van der Waals surface area contributed by atoms with E-state index in [1.807, 2.05) is 0 Å². The van der Waals surface area contributed by atoms with E-state index in [4.69, 9.17) is 0 Å². The van der Waals surface area contributed by atoms with Crippen LogP contribution in [0, 0.1) is 5.82 Å². The molecule has 0 radical (unpaired) electrons. The number of hydrogen-bond donors (Lipinski definition) is 1. The number of nitrogens with one attached hydrogen (secondary N) is 1. The smallest absolute Gasteiger partial charge is 0.263 e. The quantitative estimate of drug-likeness (QED) is 0.819. The van der Waals surface area contributed by atoms with Crippen LogP contribution in [0.4, 0.5) is 4.39 Å². The Morgan fingerprint density at radius 1 is 1.56 bits per heavy atom. The van der Waals surface area contributed by atoms with Crippen molar-refractivity contribution in [3.05, 3.63) is 24.1 Å². The van der Waals surface area contributed by atoms with Crippen molar-refractivity contribution in [3.8, 4) is 0 Å². The molecule has 0 spiro atoms. The third-order valence-electron chi connectivity index (χ3n) is 2.26. The summed E-state index contributed by atoms with van der Waals surface area (Å²) in [5, 5.41) is 1.64. The molecule has 0 fully saturated rings. The summed E-state index contributed by atoms with van der Waals surface area (Å²) in [5.74, 6) is -1.41. The largest absolute Gasteiger partial charge is 0.358 e. The zero-order chi connectivity index (χ0) is 13.8. The molecule has 18 heavy (non-hydrogen) atoms. The summed E-state index contributed by atoms with van der Waals surface area (Å²) in [6, 6.07) is 2.30. The first-order chi connectivity index (χ1) is 8.43. The summed E-state index contributed by atoms with van der Waals surface area (Å²) < 4.78 is 38.4. The first-order valence-corrected chi connectivity index (χ1v) is 6.68. The molecule has 0 atom stereocenters. The van der Waals surface area contributed by atoms with Crippen LogP contribution in [0.15, 0.2) is 23.4 Å². The number of carbonyl (C=O) groups excluding carboxylic acids is 1. The number of aromatic nitrogens is 1. The molecule has 1 N–H and O–H groups in total. The van der Waals surface area contributed by atoms with Gasteiger partial charge in [0, 0.05) is 19.8 Å². The highest BCUT2D eigenvalue weighted by Gasteiger charge is 2.28. The molecule has 6 nitrogen and oxygen atoms in total. The van der Waals surface area contributed by atoms with Crippen molar-refractivity contribution in [1.82, 2.24) is 14.6 Å². The zero-order valence-electron chi connectivity index (χ0n) is 10.1. The lowest BCUT2D eigenvalue weighted by Crippen LogP contribution is -2.40. The van der Waals surface area contributed by atoms with E-state index in [-0.39, 0.29) is 13.1 Å². The van der Waals surface area contributed by atoms with Crippen molar-refractivity contribution in [2.75, 3.05) is 20.1 Å². The minimum atomic E-state index is -4.10. The molecular formula is C10H14FN3O3S. The zero-order valence-corrected chi connectivity index (χ0v) is 10.9. The Morgan fingerprint density at radius 2 is 2.22 bits per heavy atom. The molecule has 100 valence electrons. The molecule has 1 aromatic heterocycles. The van der Waals surface area contributed by atoms with Crippen molar-refractivity contribution < 1.29 is 17.6 Å². The van der Waals surface area contributed by atoms with E-state index in [1.54, 1.807) is 6.92 Å². The molecule has 1 aromatic rings. The van der Waals surface area contributed by atoms with Gasteiger partial charge in [-0.2, -0.15) is 4.31 Å². The van der Waals surface area contributed by atoms with Crippen molar-refractivity contribution in [1.29, 1.82) is 0 Å². The number of nitrogens with zero attached hydrogens (tertiary/aromatic N) is 2. The Kier molecular flexibility index (Phi) is 4.74. The number of carbonyl (C=O) groups is 1. The molecular weight excluding hydrogens is 261 g/mol. The molecule has 0 saturated heterocycles. The predicted molar refractivity (Wildman–Crippen MR) is 62.7 cm³/mol. The van der Waals surface area contributed by atoms with Crippen LogP contribution in [0.5, 0.6) is 0 Å². The van der Waals surface area contributed by atoms with Crippen LogP contribution in [-0.2, 0) is 14.8 Å². The van der Waals surface area contributed by atoms with E-state index >= 15 is 0 Å². The minimum Gasteiger partial charge on any atom is -0.358 e. The van der Waals surface area contributed by atoms with Gasteiger partial charge < -0.3 is 5.32 Å². The monoisotopic (exact) mass is 275 g/mol. The normalized spacial score (nSPS) is 11.6. The second-order valence-electron chi connectivity index (χ2n) is 3.39. The van der Waals surface area contributed by atoms with Gasteiger partial charge in [-0.1, -0.05) is 6.92 Å². The van der Waals surface area contributed by atoms with Gasteiger partial charge in [-0.15, -0.1) is 0 Å². The van der Waals surface area contributed by atoms with Gasteiger partial charge >= 0.3 is 0 Å². The third-order valence-corrected chi connectivity index (χ3v) is 4.12. The SMILES string of the molecule is CCN(CC(=O)NC)S(=O)(=O)c1ncccc1F. The van der Waals surface area contributed by atoms with Gasteiger partial charge in [0.2, 0.25) is 10.9 Å². The highest BCUT2D eigenvalue weighted by atomic mass is 32.2. The van der Waals surface area contributed by atoms with Crippen molar-refractivity contribution in [2.24, 2.45) is 0 Å². The van der Waals surface area contributed by atoms with Crippen LogP contribution in [0.1, 0.15) is 6.92 Å². The number of sulfonamides is 1. The number of pyridine rings is 1. The second kappa shape index (κ2) is 5.87. The first kappa shape index (κ1) is 14.5. The summed E-state index contributed by atoms with van der Waals surface area (Å²) in [4.78, 5) is 14.7. The van der Waals surface area contributed by atoms with Gasteiger partial charge in [-0.3, -0.25) is 4.79 Å². The molecule has 0 aliphatic carbocycles. The Labute approximate surface area is 105 Å². The van der Waals surface area contributed by atoms with Gasteiger partial charge in [-0.25, -0.2) is 17.8 Å². The van der Waals surface area contributed by atoms with Crippen LogP contribution in [-0.4, -0.2) is 43.8 Å². The fourth-order valence-electron chi connectivity index (χ4n) is 1.29. The summed E-state index contributed by atoms with van der Waals surface area (Å²) in [6.07, 6.45) is 1.18. The molecule has 0 aromatic carbocycles. The van der Waals surface area contributed by atoms with E-state index in [1.165, 1.54) is 19.3 Å². The molecule has 0 bridgehead atoms. The van der Waals surface area contributed by atoms with E-state index in [0.717, 1.165) is 10.4 Å². The van der Waals surface area contributed by atoms with Gasteiger partial charge in [0.25, 0.3) is 10.0 Å². The average molecular weight is 275 g/mol. The molecule has 0 aliphatic rings. The number of likely N-dealkylation sites (N-methyl/N-ethyl adjacent to an activating group) is 2. The van der Waals surface area contributed by atoms with Gasteiger partial charge in [0.05, 0.1) is 6.54 Å². The third kappa shape index (κ3) is 3.02. The standard InChI is InChI=1S/C10H14FN3O3S/c1-3-14(7-9(15)12-2)18(16,17)10-8(11)5-4-6-13-10/h4-6H,3,7H2,1-2H3,(H,12,15). The van der Waals surface area contributed by atoms with Crippen LogP contribution in [0.25, 0.3) is 0 Å². The lowest BCUT2D eigenvalue weighted by Gasteiger charge is -2.18. The maximum absolute atomic E-state index is 13.4. The van der Waals surface area contributed by atoms with E-state index < -0.39 is 26.8 Å². The molecule has 1 heterocycles. The van der Waals surface area contributed by atoms with Crippen molar-refractivity contribution in [2.45, 2.75) is 11.9 Å². The van der Waals surface area contributed by atoms with E-state index in [2.05, 4.69) is 10.3 Å². The minimum absolute atomic E-state index is 0.0474. The summed E-state index contributed by atoms with van der Waals surface area (Å²) >= 11 is 0. The highest BCUT2D eigenvalue weighted by Crippen LogP contribution is 2.15. The lowest BCUT2D eigenvalue weighted by atomic mass is 10.5. The summed E-state index contributed by atoms with van der Waals surface area (Å²) in [7, 11) is -2.71. The fourth-order valence-corrected chi connectivity index (χ4v) is 2.67. The van der Waals surface area contributed by atoms with Crippen molar-refractivity contribution in [3.63, 3.8) is 0 Å². The lowest BCUT2D eigenvalue weighted by molar-refractivity contribution is -0.120. The Balaban J connectivity index is 3.12. The predicted octanol–water partition coefficient (Wildman–Crippen LogP) is -0.0227. The van der Waals surface area contributed by atoms with Gasteiger partial charge in [0.15, 0.2) is 5.82 Å². The van der Waals surface area contributed by atoms with Crippen LogP contribution in [0.2, 0.25) is 0 Å². The molecule has 0 saturated carbocycles. The van der Waals surface area contributed by atoms with E-state index in [9.17, 15) is 17.6 Å². The van der Waals surface area contributed by atoms with E-state index in [0.29, 0.717) is 0 Å². The van der Waals surface area contributed by atoms with Crippen molar-refractivity contribution >= 4 is 15.9 Å². The Bertz CT molecular complexity index is 533. The Morgan fingerprint density at radius 3 is 2.72 bits per heavy atom. The maximum Gasteiger partial charge on any atom is 0.263 e. The first-order valence-electron chi connectivity index (χ1n) is 5.24. The number of amides is 1. The molecule has 1 rings (SSSR count). The number of halogens is 1. The number of rotatable bonds is 5. The van der Waals surface area contributed by atoms with Gasteiger partial charge in [0.1, 0.15) is 0 Å². The molecule has 8 heteroatoms. The van der Waals surface area contributed by atoms with Gasteiger partial charge in [-0.05, 0) is 12.1 Å². The Hall–Kier alpha value is -1.54. The summed E-state index contributed by atoms with van der Waals surface area (Å²) in [5.41, 5.74) is 0. The summed E-state index contributed by atoms with van der Waals surface area (Å²) in [6.45, 7) is 1.23. The average Bonchev–Trinajstić information content (AvgIpc) is 2.35. The molecule has 0 aliphatic heterocycles. The molecule has 0 unspecified atom stereocenters. The number of hydrogen-bond acceptors (Lipinski definition) is 4. The second-order valence-corrected chi connectivity index (χ2v) is 5.25. The van der Waals surface area contributed by atoms with Crippen LogP contribution in [0.3, 0.4) is 0 Å². The van der Waals surface area contributed by atoms with Crippen LogP contribution >= 0.6 is 0 Å². The van der Waals surface area contributed by atoms with Crippen LogP contribution < -0.4 is 5.32 Å². The topological polar surface area (TPSA) is 79.4 Å². The maximum atomic E-state index is 13.4. The molecule has 1 amide bonds. The fraction of sp³-hybridized carbons (Fsp3) is 0.400. The highest BCUT2D eigenvalue weighted by molar-refractivity contribution is 7.89.